The van der Waals surface area contributed by atoms with Crippen molar-refractivity contribution < 1.29 is 0 Å². The minimum atomic E-state index is -0.159. The van der Waals surface area contributed by atoms with Gasteiger partial charge >= 0.3 is 0 Å². The number of rotatable bonds is 3. The minimum absolute atomic E-state index is 0.0433. The van der Waals surface area contributed by atoms with E-state index in [4.69, 9.17) is 11.1 Å². The topological polar surface area (TPSA) is 95.6 Å². The quantitative estimate of drug-likeness (QED) is 0.452. The molecule has 6 heteroatoms. The summed E-state index contributed by atoms with van der Waals surface area (Å²) in [5.74, 6) is 0.0433. The van der Waals surface area contributed by atoms with Gasteiger partial charge in [-0.15, -0.1) is 0 Å². The number of nitrogens with two attached hydrogens (primary N) is 1. The van der Waals surface area contributed by atoms with Gasteiger partial charge in [-0.05, 0) is 31.5 Å². The van der Waals surface area contributed by atoms with Gasteiger partial charge in [-0.25, -0.2) is 4.98 Å². The lowest BCUT2D eigenvalue weighted by Crippen LogP contribution is -2.11. The summed E-state index contributed by atoms with van der Waals surface area (Å²) >= 11 is 1.38. The number of amidine groups is 1. The average Bonchev–Trinajstić information content (AvgIpc) is 2.30. The zero-order valence-corrected chi connectivity index (χ0v) is 11.5. The smallest absolute Gasteiger partial charge is 0.251 e. The maximum Gasteiger partial charge on any atom is 0.251 e. The number of aromatic nitrogens is 2. The summed E-state index contributed by atoms with van der Waals surface area (Å²) in [7, 11) is 0. The lowest BCUT2D eigenvalue weighted by Gasteiger charge is -2.07. The lowest BCUT2D eigenvalue weighted by molar-refractivity contribution is 0.905. The van der Waals surface area contributed by atoms with E-state index in [9.17, 15) is 4.79 Å². The SMILES string of the molecule is Cc1cc(=O)[nH]c(Sc2ccc(C(=N)N)cc2C)n1. The standard InChI is InChI=1S/C13H14N4OS/c1-7-5-9(12(14)15)3-4-10(7)19-13-16-8(2)6-11(18)17-13/h3-6H,1-2H3,(H3,14,15)(H,16,17,18). The number of nitrogens with one attached hydrogen (secondary N) is 2. The molecule has 0 bridgehead atoms. The molecule has 0 aliphatic heterocycles. The van der Waals surface area contributed by atoms with Crippen LogP contribution < -0.4 is 11.3 Å². The summed E-state index contributed by atoms with van der Waals surface area (Å²) in [4.78, 5) is 19.3. The predicted octanol–water partition coefficient (Wildman–Crippen LogP) is 1.82. The van der Waals surface area contributed by atoms with Crippen molar-refractivity contribution in [3.63, 3.8) is 0 Å². The van der Waals surface area contributed by atoms with Crippen molar-refractivity contribution in [1.82, 2.24) is 9.97 Å². The third kappa shape index (κ3) is 3.23. The maximum absolute atomic E-state index is 11.4. The number of benzene rings is 1. The Hall–Kier alpha value is -2.08. The zero-order valence-electron chi connectivity index (χ0n) is 10.7. The summed E-state index contributed by atoms with van der Waals surface area (Å²) in [6.45, 7) is 3.72. The molecule has 2 aromatic rings. The molecule has 0 aliphatic carbocycles. The largest absolute Gasteiger partial charge is 0.384 e. The van der Waals surface area contributed by atoms with Gasteiger partial charge in [0.05, 0.1) is 0 Å². The summed E-state index contributed by atoms with van der Waals surface area (Å²) in [5, 5.41) is 7.95. The van der Waals surface area contributed by atoms with E-state index < -0.39 is 0 Å². The highest BCUT2D eigenvalue weighted by Gasteiger charge is 2.06. The maximum atomic E-state index is 11.4. The van der Waals surface area contributed by atoms with Crippen LogP contribution in [0, 0.1) is 19.3 Å². The third-order valence-electron chi connectivity index (χ3n) is 2.54. The van der Waals surface area contributed by atoms with Gasteiger partial charge in [0.2, 0.25) is 0 Å². The van der Waals surface area contributed by atoms with Crippen molar-refractivity contribution in [3.05, 3.63) is 51.4 Å². The van der Waals surface area contributed by atoms with Gasteiger partial charge < -0.3 is 10.7 Å². The third-order valence-corrected chi connectivity index (χ3v) is 3.61. The highest BCUT2D eigenvalue weighted by atomic mass is 32.2. The Balaban J connectivity index is 2.33. The Morgan fingerprint density at radius 2 is 2.11 bits per heavy atom. The van der Waals surface area contributed by atoms with Crippen LogP contribution in [0.5, 0.6) is 0 Å². The first-order valence-corrected chi connectivity index (χ1v) is 6.48. The van der Waals surface area contributed by atoms with Gasteiger partial charge in [0.1, 0.15) is 5.84 Å². The molecule has 0 fully saturated rings. The van der Waals surface area contributed by atoms with E-state index >= 15 is 0 Å². The molecule has 4 N–H and O–H groups in total. The van der Waals surface area contributed by atoms with Gasteiger partial charge in [-0.3, -0.25) is 10.2 Å². The van der Waals surface area contributed by atoms with Crippen LogP contribution in [0.15, 0.2) is 39.1 Å². The number of aromatic amines is 1. The molecule has 98 valence electrons. The monoisotopic (exact) mass is 274 g/mol. The van der Waals surface area contributed by atoms with Gasteiger partial charge in [0, 0.05) is 22.2 Å². The number of aryl methyl sites for hydroxylation is 2. The Labute approximate surface area is 114 Å². The molecular weight excluding hydrogens is 260 g/mol. The van der Waals surface area contributed by atoms with Gasteiger partial charge in [0.25, 0.3) is 5.56 Å². The fourth-order valence-corrected chi connectivity index (χ4v) is 2.54. The highest BCUT2D eigenvalue weighted by Crippen LogP contribution is 2.27. The second-order valence-corrected chi connectivity index (χ2v) is 5.22. The molecule has 0 atom stereocenters. The molecule has 0 spiro atoms. The van der Waals surface area contributed by atoms with Crippen LogP contribution in [-0.4, -0.2) is 15.8 Å². The number of nitrogens with zero attached hydrogens (tertiary/aromatic N) is 1. The van der Waals surface area contributed by atoms with Crippen LogP contribution in [0.1, 0.15) is 16.8 Å². The number of hydrogen-bond acceptors (Lipinski definition) is 4. The van der Waals surface area contributed by atoms with E-state index in [-0.39, 0.29) is 11.4 Å². The zero-order chi connectivity index (χ0) is 14.0. The molecular formula is C13H14N4OS. The summed E-state index contributed by atoms with van der Waals surface area (Å²) < 4.78 is 0. The van der Waals surface area contributed by atoms with E-state index in [0.717, 1.165) is 10.5 Å². The first-order chi connectivity index (χ1) is 8.95. The van der Waals surface area contributed by atoms with Crippen molar-refractivity contribution in [2.75, 3.05) is 0 Å². The Kier molecular flexibility index (Phi) is 3.71. The van der Waals surface area contributed by atoms with Crippen molar-refractivity contribution in [1.29, 1.82) is 5.41 Å². The van der Waals surface area contributed by atoms with Crippen molar-refractivity contribution in [3.8, 4) is 0 Å². The normalized spacial score (nSPS) is 10.4. The van der Waals surface area contributed by atoms with E-state index in [1.54, 1.807) is 13.0 Å². The fraction of sp³-hybridized carbons (Fsp3) is 0.154. The fourth-order valence-electron chi connectivity index (χ4n) is 1.64. The van der Waals surface area contributed by atoms with Crippen LogP contribution in [0.2, 0.25) is 0 Å². The molecule has 1 heterocycles. The van der Waals surface area contributed by atoms with E-state index in [1.165, 1.54) is 17.8 Å². The highest BCUT2D eigenvalue weighted by molar-refractivity contribution is 7.99. The minimum Gasteiger partial charge on any atom is -0.384 e. The predicted molar refractivity (Wildman–Crippen MR) is 75.9 cm³/mol. The van der Waals surface area contributed by atoms with Gasteiger partial charge in [-0.1, -0.05) is 17.8 Å². The van der Waals surface area contributed by atoms with Crippen LogP contribution in [0.3, 0.4) is 0 Å². The second-order valence-electron chi connectivity index (χ2n) is 4.19. The first-order valence-electron chi connectivity index (χ1n) is 5.66. The average molecular weight is 274 g/mol. The van der Waals surface area contributed by atoms with E-state index in [2.05, 4.69) is 9.97 Å². The number of H-pyrrole nitrogens is 1. The molecule has 0 saturated heterocycles. The van der Waals surface area contributed by atoms with Crippen LogP contribution in [0.4, 0.5) is 0 Å². The molecule has 1 aromatic heterocycles. The first kappa shape index (κ1) is 13.4. The van der Waals surface area contributed by atoms with Crippen molar-refractivity contribution >= 4 is 17.6 Å². The van der Waals surface area contributed by atoms with Gasteiger partial charge in [-0.2, -0.15) is 0 Å². The molecule has 1 aromatic carbocycles. The Bertz CT molecular complexity index is 693. The van der Waals surface area contributed by atoms with Crippen LogP contribution in [-0.2, 0) is 0 Å². The van der Waals surface area contributed by atoms with Crippen LogP contribution in [0.25, 0.3) is 0 Å². The van der Waals surface area contributed by atoms with Gasteiger partial charge in [0.15, 0.2) is 5.16 Å². The molecule has 0 saturated carbocycles. The van der Waals surface area contributed by atoms with E-state index in [0.29, 0.717) is 16.4 Å². The number of nitrogen functional groups attached to an aromatic ring is 1. The van der Waals surface area contributed by atoms with Crippen LogP contribution >= 0.6 is 11.8 Å². The Morgan fingerprint density at radius 1 is 1.37 bits per heavy atom. The summed E-state index contributed by atoms with van der Waals surface area (Å²) in [6.07, 6.45) is 0. The molecule has 0 amide bonds. The molecule has 0 unspecified atom stereocenters. The Morgan fingerprint density at radius 3 is 2.68 bits per heavy atom. The summed E-state index contributed by atoms with van der Waals surface area (Å²) in [6, 6.07) is 6.96. The molecule has 5 nitrogen and oxygen atoms in total. The molecule has 19 heavy (non-hydrogen) atoms. The molecule has 0 radical (unpaired) electrons. The lowest BCUT2D eigenvalue weighted by atomic mass is 10.1. The summed E-state index contributed by atoms with van der Waals surface area (Å²) in [5.41, 5.74) is 7.64. The number of hydrogen-bond donors (Lipinski definition) is 3. The van der Waals surface area contributed by atoms with Crippen molar-refractivity contribution in [2.24, 2.45) is 5.73 Å². The molecule has 0 aliphatic rings. The molecule has 2 rings (SSSR count). The van der Waals surface area contributed by atoms with Crippen molar-refractivity contribution in [2.45, 2.75) is 23.9 Å². The van der Waals surface area contributed by atoms with E-state index in [1.807, 2.05) is 19.1 Å². The second kappa shape index (κ2) is 5.27.